The van der Waals surface area contributed by atoms with E-state index in [1.54, 1.807) is 12.1 Å². The van der Waals surface area contributed by atoms with Crippen LogP contribution in [0.5, 0.6) is 0 Å². The molecule has 0 aliphatic rings. The quantitative estimate of drug-likeness (QED) is 0.527. The minimum Gasteiger partial charge on any atom is -0.422 e. The normalized spacial score (nSPS) is 11.0. The van der Waals surface area contributed by atoms with Crippen molar-refractivity contribution in [3.05, 3.63) is 70.6 Å². The molecule has 0 aliphatic carbocycles. The molecule has 4 rings (SSSR count). The number of rotatable bonds is 2. The first-order valence-corrected chi connectivity index (χ1v) is 7.15. The summed E-state index contributed by atoms with van der Waals surface area (Å²) in [6.45, 7) is 2.00. The predicted octanol–water partition coefficient (Wildman–Crippen LogP) is 3.82. The summed E-state index contributed by atoms with van der Waals surface area (Å²) in [7, 11) is 0. The standard InChI is InChI=1S/C18H12N2O3/c1-11-6-8-12(9-7-11)17-19-16(20-23-17)14-10-13-4-2-3-5-15(13)22-18(14)21/h2-10H,1H3. The number of aryl methyl sites for hydroxylation is 1. The summed E-state index contributed by atoms with van der Waals surface area (Å²) in [5, 5.41) is 4.72. The summed E-state index contributed by atoms with van der Waals surface area (Å²) in [6.07, 6.45) is 0. The van der Waals surface area contributed by atoms with Gasteiger partial charge in [-0.3, -0.25) is 0 Å². The number of hydrogen-bond acceptors (Lipinski definition) is 5. The van der Waals surface area contributed by atoms with Crippen molar-refractivity contribution in [1.29, 1.82) is 0 Å². The average molecular weight is 304 g/mol. The number of benzene rings is 2. The Balaban J connectivity index is 1.81. The van der Waals surface area contributed by atoms with Gasteiger partial charge in [0, 0.05) is 10.9 Å². The first-order chi connectivity index (χ1) is 11.2. The molecule has 4 aromatic rings. The van der Waals surface area contributed by atoms with Gasteiger partial charge in [0.1, 0.15) is 11.1 Å². The molecule has 0 N–H and O–H groups in total. The molecule has 0 aliphatic heterocycles. The molecule has 0 atom stereocenters. The van der Waals surface area contributed by atoms with Gasteiger partial charge in [0.15, 0.2) is 0 Å². The molecule has 0 bridgehead atoms. The highest BCUT2D eigenvalue weighted by atomic mass is 16.5. The zero-order valence-electron chi connectivity index (χ0n) is 12.3. The minimum absolute atomic E-state index is 0.222. The van der Waals surface area contributed by atoms with Crippen LogP contribution in [0.2, 0.25) is 0 Å². The lowest BCUT2D eigenvalue weighted by atomic mass is 10.1. The van der Waals surface area contributed by atoms with Crippen LogP contribution in [0.1, 0.15) is 5.56 Å². The Kier molecular flexibility index (Phi) is 3.05. The first-order valence-electron chi connectivity index (χ1n) is 7.15. The van der Waals surface area contributed by atoms with E-state index in [1.807, 2.05) is 49.4 Å². The van der Waals surface area contributed by atoms with Crippen molar-refractivity contribution in [2.75, 3.05) is 0 Å². The van der Waals surface area contributed by atoms with Crippen molar-refractivity contribution < 1.29 is 8.94 Å². The number of fused-ring (bicyclic) bond motifs is 1. The fourth-order valence-electron chi connectivity index (χ4n) is 2.36. The fraction of sp³-hybridized carbons (Fsp3) is 0.0556. The molecule has 2 aromatic carbocycles. The van der Waals surface area contributed by atoms with Gasteiger partial charge in [-0.25, -0.2) is 4.79 Å². The van der Waals surface area contributed by atoms with E-state index in [0.717, 1.165) is 16.5 Å². The Hall–Kier alpha value is -3.21. The van der Waals surface area contributed by atoms with Gasteiger partial charge >= 0.3 is 5.63 Å². The SMILES string of the molecule is Cc1ccc(-c2nc(-c3cc4ccccc4oc3=O)no2)cc1. The monoisotopic (exact) mass is 304 g/mol. The fourth-order valence-corrected chi connectivity index (χ4v) is 2.36. The summed E-state index contributed by atoms with van der Waals surface area (Å²) in [5.41, 5.74) is 2.28. The topological polar surface area (TPSA) is 69.1 Å². The molecule has 0 saturated carbocycles. The molecule has 5 nitrogen and oxygen atoms in total. The van der Waals surface area contributed by atoms with E-state index >= 15 is 0 Å². The highest BCUT2D eigenvalue weighted by molar-refractivity contribution is 5.80. The highest BCUT2D eigenvalue weighted by Gasteiger charge is 2.15. The lowest BCUT2D eigenvalue weighted by Gasteiger charge is -1.97. The van der Waals surface area contributed by atoms with Crippen LogP contribution in [-0.2, 0) is 0 Å². The van der Waals surface area contributed by atoms with E-state index in [-0.39, 0.29) is 11.4 Å². The van der Waals surface area contributed by atoms with E-state index in [0.29, 0.717) is 11.5 Å². The summed E-state index contributed by atoms with van der Waals surface area (Å²) in [6, 6.07) is 16.7. The Morgan fingerprint density at radius 1 is 1.00 bits per heavy atom. The number of aromatic nitrogens is 2. The summed E-state index contributed by atoms with van der Waals surface area (Å²) >= 11 is 0. The largest absolute Gasteiger partial charge is 0.422 e. The van der Waals surface area contributed by atoms with Crippen molar-refractivity contribution in [2.45, 2.75) is 6.92 Å². The smallest absolute Gasteiger partial charge is 0.347 e. The molecule has 0 radical (unpaired) electrons. The summed E-state index contributed by atoms with van der Waals surface area (Å²) < 4.78 is 10.6. The molecule has 112 valence electrons. The third kappa shape index (κ3) is 2.42. The highest BCUT2D eigenvalue weighted by Crippen LogP contribution is 2.23. The molecule has 23 heavy (non-hydrogen) atoms. The van der Waals surface area contributed by atoms with Crippen molar-refractivity contribution in [2.24, 2.45) is 0 Å². The second-order valence-electron chi connectivity index (χ2n) is 5.27. The molecule has 0 saturated heterocycles. The van der Waals surface area contributed by atoms with Crippen LogP contribution in [-0.4, -0.2) is 10.1 Å². The molecule has 0 unspecified atom stereocenters. The van der Waals surface area contributed by atoms with E-state index < -0.39 is 5.63 Å². The van der Waals surface area contributed by atoms with Crippen molar-refractivity contribution in [1.82, 2.24) is 10.1 Å². The van der Waals surface area contributed by atoms with Crippen LogP contribution < -0.4 is 5.63 Å². The van der Waals surface area contributed by atoms with Gasteiger partial charge in [0.2, 0.25) is 5.82 Å². The van der Waals surface area contributed by atoms with Crippen LogP contribution in [0.15, 0.2) is 68.3 Å². The van der Waals surface area contributed by atoms with E-state index in [4.69, 9.17) is 8.94 Å². The van der Waals surface area contributed by atoms with Crippen LogP contribution >= 0.6 is 0 Å². The number of nitrogens with zero attached hydrogens (tertiary/aromatic N) is 2. The second kappa shape index (κ2) is 5.21. The van der Waals surface area contributed by atoms with Crippen LogP contribution in [0.25, 0.3) is 33.8 Å². The van der Waals surface area contributed by atoms with Gasteiger partial charge < -0.3 is 8.94 Å². The summed E-state index contributed by atoms with van der Waals surface area (Å²) in [5.74, 6) is 0.590. The van der Waals surface area contributed by atoms with E-state index in [1.165, 1.54) is 0 Å². The molecule has 0 amide bonds. The predicted molar refractivity (Wildman–Crippen MR) is 85.9 cm³/mol. The zero-order chi connectivity index (χ0) is 15.8. The van der Waals surface area contributed by atoms with Gasteiger partial charge in [0.25, 0.3) is 5.89 Å². The molecule has 2 heterocycles. The van der Waals surface area contributed by atoms with Crippen molar-refractivity contribution >= 4 is 11.0 Å². The van der Waals surface area contributed by atoms with Crippen LogP contribution in [0.3, 0.4) is 0 Å². The maximum atomic E-state index is 12.1. The van der Waals surface area contributed by atoms with Gasteiger partial charge in [-0.1, -0.05) is 41.1 Å². The van der Waals surface area contributed by atoms with Gasteiger partial charge in [0.05, 0.1) is 0 Å². The van der Waals surface area contributed by atoms with E-state index in [2.05, 4.69) is 10.1 Å². The van der Waals surface area contributed by atoms with Gasteiger partial charge in [-0.2, -0.15) is 4.98 Å². The van der Waals surface area contributed by atoms with Crippen molar-refractivity contribution in [3.8, 4) is 22.8 Å². The molecule has 5 heteroatoms. The molecular formula is C18H12N2O3. The van der Waals surface area contributed by atoms with Crippen LogP contribution in [0, 0.1) is 6.92 Å². The Morgan fingerprint density at radius 2 is 1.78 bits per heavy atom. The molecular weight excluding hydrogens is 292 g/mol. The zero-order valence-corrected chi connectivity index (χ0v) is 12.3. The molecule has 0 fully saturated rings. The Morgan fingerprint density at radius 3 is 2.61 bits per heavy atom. The lowest BCUT2D eigenvalue weighted by molar-refractivity contribution is 0.432. The maximum absolute atomic E-state index is 12.1. The van der Waals surface area contributed by atoms with Crippen LogP contribution in [0.4, 0.5) is 0 Å². The van der Waals surface area contributed by atoms with Gasteiger partial charge in [-0.15, -0.1) is 0 Å². The minimum atomic E-state index is -0.486. The van der Waals surface area contributed by atoms with Gasteiger partial charge in [-0.05, 0) is 31.2 Å². The van der Waals surface area contributed by atoms with E-state index in [9.17, 15) is 4.79 Å². The van der Waals surface area contributed by atoms with Crippen molar-refractivity contribution in [3.63, 3.8) is 0 Å². The number of para-hydroxylation sites is 1. The Labute approximate surface area is 131 Å². The third-order valence-electron chi connectivity index (χ3n) is 3.61. The third-order valence-corrected chi connectivity index (χ3v) is 3.61. The molecule has 2 aromatic heterocycles. The second-order valence-corrected chi connectivity index (χ2v) is 5.27. The molecule has 0 spiro atoms. The average Bonchev–Trinajstić information content (AvgIpc) is 3.04. The summed E-state index contributed by atoms with van der Waals surface area (Å²) in [4.78, 5) is 16.4. The first kappa shape index (κ1) is 13.5. The maximum Gasteiger partial charge on any atom is 0.347 e. The lowest BCUT2D eigenvalue weighted by Crippen LogP contribution is -2.03. The Bertz CT molecular complexity index is 1050. The number of hydrogen-bond donors (Lipinski definition) is 0.